The zero-order chi connectivity index (χ0) is 21.5. The standard InChI is InChI=1S/C24H21ClN2O3/c1-16(28)26-22(17-8-4-2-5-9-17)15-23(29)27-21-13-12-19(25)14-20(21)24(30)18-10-6-3-7-11-18/h2-14,22H,15H2,1H3,(H,26,28)(H,27,29). The molecule has 0 aromatic heterocycles. The molecule has 0 aliphatic rings. The number of benzene rings is 3. The molecule has 5 nitrogen and oxygen atoms in total. The molecule has 1 atom stereocenters. The third kappa shape index (κ3) is 5.55. The van der Waals surface area contributed by atoms with Crippen LogP contribution >= 0.6 is 11.6 Å². The molecular formula is C24H21ClN2O3. The molecule has 0 bridgehead atoms. The molecule has 0 heterocycles. The van der Waals surface area contributed by atoms with E-state index < -0.39 is 6.04 Å². The monoisotopic (exact) mass is 420 g/mol. The number of anilines is 1. The summed E-state index contributed by atoms with van der Waals surface area (Å²) in [6.07, 6.45) is 0.0190. The van der Waals surface area contributed by atoms with Crippen LogP contribution in [-0.4, -0.2) is 17.6 Å². The minimum Gasteiger partial charge on any atom is -0.349 e. The highest BCUT2D eigenvalue weighted by molar-refractivity contribution is 6.31. The molecular weight excluding hydrogens is 400 g/mol. The van der Waals surface area contributed by atoms with Crippen molar-refractivity contribution in [2.24, 2.45) is 0 Å². The topological polar surface area (TPSA) is 75.3 Å². The Balaban J connectivity index is 1.82. The quantitative estimate of drug-likeness (QED) is 0.540. The van der Waals surface area contributed by atoms with Gasteiger partial charge in [0.25, 0.3) is 0 Å². The second-order valence-electron chi connectivity index (χ2n) is 6.80. The zero-order valence-electron chi connectivity index (χ0n) is 16.4. The molecule has 0 spiro atoms. The predicted molar refractivity (Wildman–Crippen MR) is 118 cm³/mol. The van der Waals surface area contributed by atoms with Crippen molar-refractivity contribution in [3.05, 3.63) is 101 Å². The molecule has 152 valence electrons. The van der Waals surface area contributed by atoms with E-state index >= 15 is 0 Å². The molecule has 0 fully saturated rings. The Bertz CT molecular complexity index is 1050. The van der Waals surface area contributed by atoms with Crippen LogP contribution in [-0.2, 0) is 9.59 Å². The second-order valence-corrected chi connectivity index (χ2v) is 7.24. The van der Waals surface area contributed by atoms with Crippen LogP contribution in [0.4, 0.5) is 5.69 Å². The van der Waals surface area contributed by atoms with Crippen LogP contribution in [0.3, 0.4) is 0 Å². The summed E-state index contributed by atoms with van der Waals surface area (Å²) in [7, 11) is 0. The van der Waals surface area contributed by atoms with E-state index in [0.717, 1.165) is 5.56 Å². The van der Waals surface area contributed by atoms with Crippen LogP contribution in [0, 0.1) is 0 Å². The fourth-order valence-corrected chi connectivity index (χ4v) is 3.30. The van der Waals surface area contributed by atoms with Gasteiger partial charge in [-0.15, -0.1) is 0 Å². The van der Waals surface area contributed by atoms with Crippen molar-refractivity contribution in [3.8, 4) is 0 Å². The van der Waals surface area contributed by atoms with Gasteiger partial charge < -0.3 is 10.6 Å². The Morgan fingerprint density at radius 1 is 0.900 bits per heavy atom. The van der Waals surface area contributed by atoms with Gasteiger partial charge in [0.2, 0.25) is 11.8 Å². The van der Waals surface area contributed by atoms with Crippen LogP contribution in [0.5, 0.6) is 0 Å². The molecule has 0 aliphatic heterocycles. The largest absolute Gasteiger partial charge is 0.349 e. The Morgan fingerprint density at radius 2 is 1.53 bits per heavy atom. The number of hydrogen-bond donors (Lipinski definition) is 2. The lowest BCUT2D eigenvalue weighted by Gasteiger charge is -2.19. The maximum absolute atomic E-state index is 12.9. The number of hydrogen-bond acceptors (Lipinski definition) is 3. The lowest BCUT2D eigenvalue weighted by Crippen LogP contribution is -2.30. The molecule has 0 aliphatic carbocycles. The average Bonchev–Trinajstić information content (AvgIpc) is 2.75. The Morgan fingerprint density at radius 3 is 2.17 bits per heavy atom. The van der Waals surface area contributed by atoms with E-state index in [4.69, 9.17) is 11.6 Å². The minimum atomic E-state index is -0.482. The highest BCUT2D eigenvalue weighted by Gasteiger charge is 2.20. The number of amides is 2. The van der Waals surface area contributed by atoms with Gasteiger partial charge >= 0.3 is 0 Å². The van der Waals surface area contributed by atoms with E-state index in [1.54, 1.807) is 36.4 Å². The first kappa shape index (κ1) is 21.3. The van der Waals surface area contributed by atoms with E-state index in [0.29, 0.717) is 21.8 Å². The van der Waals surface area contributed by atoms with Crippen molar-refractivity contribution in [3.63, 3.8) is 0 Å². The number of carbonyl (C=O) groups excluding carboxylic acids is 3. The van der Waals surface area contributed by atoms with Crippen LogP contribution in [0.2, 0.25) is 5.02 Å². The highest BCUT2D eigenvalue weighted by Crippen LogP contribution is 2.25. The second kappa shape index (κ2) is 9.85. The molecule has 3 aromatic carbocycles. The Labute approximate surface area is 180 Å². The zero-order valence-corrected chi connectivity index (χ0v) is 17.1. The van der Waals surface area contributed by atoms with Gasteiger partial charge in [-0.3, -0.25) is 14.4 Å². The number of nitrogens with one attached hydrogen (secondary N) is 2. The van der Waals surface area contributed by atoms with Crippen LogP contribution in [0.1, 0.15) is 40.9 Å². The molecule has 3 aromatic rings. The molecule has 30 heavy (non-hydrogen) atoms. The van der Waals surface area contributed by atoms with Gasteiger partial charge in [0, 0.05) is 23.1 Å². The van der Waals surface area contributed by atoms with Gasteiger partial charge in [0.05, 0.1) is 18.2 Å². The van der Waals surface area contributed by atoms with Gasteiger partial charge in [0.1, 0.15) is 0 Å². The fraction of sp³-hybridized carbons (Fsp3) is 0.125. The van der Waals surface area contributed by atoms with E-state index in [-0.39, 0.29) is 24.0 Å². The van der Waals surface area contributed by atoms with Gasteiger partial charge in [-0.1, -0.05) is 72.3 Å². The van der Waals surface area contributed by atoms with E-state index in [2.05, 4.69) is 10.6 Å². The molecule has 2 amide bonds. The lowest BCUT2D eigenvalue weighted by molar-refractivity contribution is -0.120. The third-order valence-corrected chi connectivity index (χ3v) is 4.74. The number of rotatable bonds is 7. The van der Waals surface area contributed by atoms with Crippen molar-refractivity contribution >= 4 is 34.9 Å². The van der Waals surface area contributed by atoms with Crippen LogP contribution in [0.15, 0.2) is 78.9 Å². The van der Waals surface area contributed by atoms with Crippen molar-refractivity contribution in [2.75, 3.05) is 5.32 Å². The molecule has 0 saturated carbocycles. The highest BCUT2D eigenvalue weighted by atomic mass is 35.5. The van der Waals surface area contributed by atoms with Gasteiger partial charge in [-0.05, 0) is 23.8 Å². The first-order valence-electron chi connectivity index (χ1n) is 9.45. The SMILES string of the molecule is CC(=O)NC(CC(=O)Nc1ccc(Cl)cc1C(=O)c1ccccc1)c1ccccc1. The minimum absolute atomic E-state index is 0.0190. The Kier molecular flexibility index (Phi) is 6.99. The maximum atomic E-state index is 12.9. The molecule has 3 rings (SSSR count). The summed E-state index contributed by atoms with van der Waals surface area (Å²) in [5.41, 5.74) is 1.99. The van der Waals surface area contributed by atoms with Crippen molar-refractivity contribution < 1.29 is 14.4 Å². The third-order valence-electron chi connectivity index (χ3n) is 4.51. The summed E-state index contributed by atoms with van der Waals surface area (Å²) < 4.78 is 0. The molecule has 2 N–H and O–H groups in total. The first-order chi connectivity index (χ1) is 14.4. The van der Waals surface area contributed by atoms with Gasteiger partial charge in [-0.2, -0.15) is 0 Å². The maximum Gasteiger partial charge on any atom is 0.226 e. The van der Waals surface area contributed by atoms with Crippen molar-refractivity contribution in [1.29, 1.82) is 0 Å². The summed E-state index contributed by atoms with van der Waals surface area (Å²) in [5, 5.41) is 5.99. The van der Waals surface area contributed by atoms with Gasteiger partial charge in [-0.25, -0.2) is 0 Å². The van der Waals surface area contributed by atoms with E-state index in [1.807, 2.05) is 36.4 Å². The van der Waals surface area contributed by atoms with Crippen molar-refractivity contribution in [2.45, 2.75) is 19.4 Å². The van der Waals surface area contributed by atoms with Crippen LogP contribution in [0.25, 0.3) is 0 Å². The lowest BCUT2D eigenvalue weighted by atomic mass is 10.0. The molecule has 1 unspecified atom stereocenters. The number of halogens is 1. The predicted octanol–water partition coefficient (Wildman–Crippen LogP) is 4.78. The normalized spacial score (nSPS) is 11.4. The van der Waals surface area contributed by atoms with Crippen LogP contribution < -0.4 is 10.6 Å². The van der Waals surface area contributed by atoms with E-state index in [9.17, 15) is 14.4 Å². The first-order valence-corrected chi connectivity index (χ1v) is 9.83. The smallest absolute Gasteiger partial charge is 0.226 e. The average molecular weight is 421 g/mol. The molecule has 0 radical (unpaired) electrons. The molecule has 6 heteroatoms. The summed E-state index contributed by atoms with van der Waals surface area (Å²) in [5.74, 6) is -0.806. The number of ketones is 1. The summed E-state index contributed by atoms with van der Waals surface area (Å²) >= 11 is 6.09. The van der Waals surface area contributed by atoms with Crippen molar-refractivity contribution in [1.82, 2.24) is 5.32 Å². The molecule has 0 saturated heterocycles. The summed E-state index contributed by atoms with van der Waals surface area (Å²) in [6.45, 7) is 1.41. The van der Waals surface area contributed by atoms with E-state index in [1.165, 1.54) is 13.0 Å². The van der Waals surface area contributed by atoms with Gasteiger partial charge in [0.15, 0.2) is 5.78 Å². The summed E-state index contributed by atoms with van der Waals surface area (Å²) in [4.78, 5) is 37.3. The Hall–Kier alpha value is -3.44. The number of carbonyl (C=O) groups is 3. The summed E-state index contributed by atoms with van der Waals surface area (Å²) in [6, 6.07) is 22.3. The fourth-order valence-electron chi connectivity index (χ4n) is 3.13.